The molecule has 1 heterocycles. The van der Waals surface area contributed by atoms with Gasteiger partial charge in [0.05, 0.1) is 5.57 Å². The molecule has 27 heavy (non-hydrogen) atoms. The van der Waals surface area contributed by atoms with Crippen LogP contribution in [0.3, 0.4) is 0 Å². The molecule has 0 saturated carbocycles. The van der Waals surface area contributed by atoms with Gasteiger partial charge in [-0.15, -0.1) is 13.2 Å². The first-order chi connectivity index (χ1) is 12.6. The Morgan fingerprint density at radius 1 is 1.11 bits per heavy atom. The van der Waals surface area contributed by atoms with Gasteiger partial charge in [0.2, 0.25) is 0 Å². The van der Waals surface area contributed by atoms with Crippen molar-refractivity contribution in [3.8, 4) is 5.75 Å². The average molecular weight is 393 g/mol. The first kappa shape index (κ1) is 20.3. The van der Waals surface area contributed by atoms with Crippen molar-refractivity contribution in [1.82, 2.24) is 5.32 Å². The lowest BCUT2D eigenvalue weighted by Gasteiger charge is -2.16. The quantitative estimate of drug-likeness (QED) is 0.770. The number of ether oxygens (including phenoxy) is 1. The van der Waals surface area contributed by atoms with Crippen molar-refractivity contribution in [3.63, 3.8) is 0 Å². The molecule has 0 bridgehead atoms. The third kappa shape index (κ3) is 6.64. The summed E-state index contributed by atoms with van der Waals surface area (Å²) in [6.45, 7) is -1.27. The lowest BCUT2D eigenvalue weighted by Crippen LogP contribution is -2.29. The van der Waals surface area contributed by atoms with Crippen LogP contribution in [0.15, 0.2) is 51.0 Å². The lowest BCUT2D eigenvalue weighted by molar-refractivity contribution is -0.274. The first-order valence-electron chi connectivity index (χ1n) is 7.28. The van der Waals surface area contributed by atoms with Crippen LogP contribution in [0.1, 0.15) is 0 Å². The molecule has 1 aromatic carbocycles. The Morgan fingerprint density at radius 2 is 1.78 bits per heavy atom. The Hall–Kier alpha value is -3.05. The van der Waals surface area contributed by atoms with E-state index in [4.69, 9.17) is 0 Å². The normalized spacial score (nSPS) is 17.8. The Morgan fingerprint density at radius 3 is 2.33 bits per heavy atom. The van der Waals surface area contributed by atoms with Crippen LogP contribution >= 0.6 is 0 Å². The molecular weight excluding hydrogens is 380 g/mol. The van der Waals surface area contributed by atoms with Gasteiger partial charge in [-0.05, 0) is 24.3 Å². The van der Waals surface area contributed by atoms with Crippen LogP contribution < -0.4 is 15.4 Å². The minimum atomic E-state index is -4.81. The predicted molar refractivity (Wildman–Crippen MR) is 88.2 cm³/mol. The fourth-order valence-corrected chi connectivity index (χ4v) is 1.94. The van der Waals surface area contributed by atoms with Crippen LogP contribution in [-0.4, -0.2) is 44.1 Å². The molecule has 0 unspecified atom stereocenters. The van der Waals surface area contributed by atoms with E-state index in [-0.39, 0.29) is 17.2 Å². The molecule has 0 aromatic heterocycles. The number of benzene rings is 1. The van der Waals surface area contributed by atoms with Crippen LogP contribution in [0, 0.1) is 0 Å². The topological polar surface area (TPSA) is 70.4 Å². The molecular formula is C15H13F6N5O. The van der Waals surface area contributed by atoms with Gasteiger partial charge in [0.1, 0.15) is 24.5 Å². The average Bonchev–Trinajstić information content (AvgIpc) is 2.55. The maximum Gasteiger partial charge on any atom is 0.573 e. The van der Waals surface area contributed by atoms with Crippen LogP contribution in [0.25, 0.3) is 0 Å². The van der Waals surface area contributed by atoms with Crippen LogP contribution in [0.4, 0.5) is 32.0 Å². The number of nitrogens with one attached hydrogen (secondary N) is 2. The highest BCUT2D eigenvalue weighted by molar-refractivity contribution is 6.31. The number of nitrogens with zero attached hydrogens (tertiary/aromatic N) is 3. The van der Waals surface area contributed by atoms with Crippen molar-refractivity contribution in [3.05, 3.63) is 36.0 Å². The highest BCUT2D eigenvalue weighted by Gasteiger charge is 2.31. The second-order valence-corrected chi connectivity index (χ2v) is 5.02. The van der Waals surface area contributed by atoms with E-state index in [1.54, 1.807) is 0 Å². The number of amidine groups is 2. The number of aliphatic imine (C=N–C) groups is 3. The summed E-state index contributed by atoms with van der Waals surface area (Å²) in [6.07, 6.45) is -7.03. The van der Waals surface area contributed by atoms with Crippen LogP contribution in [0.5, 0.6) is 5.75 Å². The lowest BCUT2D eigenvalue weighted by atomic mass is 10.2. The number of halogens is 6. The van der Waals surface area contributed by atoms with Crippen molar-refractivity contribution in [2.45, 2.75) is 12.5 Å². The molecule has 0 fully saturated rings. The second-order valence-electron chi connectivity index (χ2n) is 5.02. The summed E-state index contributed by atoms with van der Waals surface area (Å²) in [7, 11) is 1.40. The number of hydrogen-bond donors (Lipinski definition) is 2. The van der Waals surface area contributed by atoms with E-state index in [0.717, 1.165) is 24.7 Å². The van der Waals surface area contributed by atoms with Gasteiger partial charge in [0.15, 0.2) is 5.84 Å². The minimum Gasteiger partial charge on any atom is -0.406 e. The largest absolute Gasteiger partial charge is 0.573 e. The minimum absolute atomic E-state index is 0.116. The van der Waals surface area contributed by atoms with E-state index in [9.17, 15) is 26.3 Å². The summed E-state index contributed by atoms with van der Waals surface area (Å²) in [4.78, 5) is 11.6. The third-order valence-electron chi connectivity index (χ3n) is 2.97. The molecule has 2 N–H and O–H groups in total. The Kier molecular flexibility index (Phi) is 6.08. The van der Waals surface area contributed by atoms with E-state index in [1.165, 1.54) is 19.2 Å². The molecule has 6 nitrogen and oxygen atoms in total. The van der Waals surface area contributed by atoms with Gasteiger partial charge in [0, 0.05) is 18.9 Å². The zero-order valence-electron chi connectivity index (χ0n) is 13.7. The molecule has 0 radical (unpaired) electrons. The van der Waals surface area contributed by atoms with Gasteiger partial charge in [-0.3, -0.25) is 4.99 Å². The molecule has 0 spiro atoms. The maximum atomic E-state index is 12.3. The van der Waals surface area contributed by atoms with Gasteiger partial charge in [0.25, 0.3) is 0 Å². The van der Waals surface area contributed by atoms with E-state index in [2.05, 4.69) is 30.3 Å². The molecule has 0 aliphatic carbocycles. The SMILES string of the molecule is C/N=C1/N=CN=C(Nc2ccc(OC(F)(F)F)cc2)/C1=C/NCC(F)(F)F. The van der Waals surface area contributed by atoms with Gasteiger partial charge in [-0.25, -0.2) is 9.98 Å². The standard InChI is InChI=1S/C15H13F6N5O/c1-22-12-11(6-23-7-14(16,17)18)13(25-8-24-12)26-9-2-4-10(5-3-9)27-15(19,20)21/h2-6,8,23H,7H2,1H3,(H,22,24,25,26)/b11-6+. The molecule has 146 valence electrons. The molecule has 1 aliphatic rings. The number of hydrogen-bond acceptors (Lipinski definition) is 5. The van der Waals surface area contributed by atoms with Crippen molar-refractivity contribution in [2.75, 3.05) is 18.9 Å². The van der Waals surface area contributed by atoms with Crippen molar-refractivity contribution in [1.29, 1.82) is 0 Å². The summed E-state index contributed by atoms with van der Waals surface area (Å²) >= 11 is 0. The van der Waals surface area contributed by atoms with E-state index < -0.39 is 24.8 Å². The Balaban J connectivity index is 2.15. The van der Waals surface area contributed by atoms with Crippen molar-refractivity contribution >= 4 is 23.7 Å². The van der Waals surface area contributed by atoms with Gasteiger partial charge < -0.3 is 15.4 Å². The van der Waals surface area contributed by atoms with Gasteiger partial charge in [-0.1, -0.05) is 0 Å². The molecule has 0 saturated heterocycles. The number of anilines is 1. The summed E-state index contributed by atoms with van der Waals surface area (Å²) < 4.78 is 77.2. The fourth-order valence-electron chi connectivity index (χ4n) is 1.94. The fraction of sp³-hybridized carbons (Fsp3) is 0.267. The second kappa shape index (κ2) is 8.10. The Bertz CT molecular complexity index is 777. The van der Waals surface area contributed by atoms with E-state index >= 15 is 0 Å². The van der Waals surface area contributed by atoms with Crippen LogP contribution in [0.2, 0.25) is 0 Å². The summed E-state index contributed by atoms with van der Waals surface area (Å²) in [5, 5.41) is 4.89. The molecule has 1 aliphatic heterocycles. The zero-order chi connectivity index (χ0) is 20.1. The third-order valence-corrected chi connectivity index (χ3v) is 2.97. The molecule has 2 rings (SSSR count). The summed E-state index contributed by atoms with van der Waals surface area (Å²) in [5.74, 6) is -0.178. The number of alkyl halides is 6. The Labute approximate surface area is 149 Å². The molecule has 12 heteroatoms. The predicted octanol–water partition coefficient (Wildman–Crippen LogP) is 3.50. The van der Waals surface area contributed by atoms with Gasteiger partial charge in [-0.2, -0.15) is 13.2 Å². The number of rotatable bonds is 4. The summed E-state index contributed by atoms with van der Waals surface area (Å²) in [6, 6.07) is 4.73. The highest BCUT2D eigenvalue weighted by Crippen LogP contribution is 2.24. The molecule has 0 amide bonds. The molecule has 0 atom stereocenters. The van der Waals surface area contributed by atoms with Crippen molar-refractivity contribution in [2.24, 2.45) is 15.0 Å². The molecule has 1 aromatic rings. The summed E-state index contributed by atoms with van der Waals surface area (Å²) in [5.41, 5.74) is 0.482. The van der Waals surface area contributed by atoms with Crippen molar-refractivity contribution < 1.29 is 31.1 Å². The van der Waals surface area contributed by atoms with E-state index in [1.807, 2.05) is 0 Å². The monoisotopic (exact) mass is 393 g/mol. The maximum absolute atomic E-state index is 12.3. The smallest absolute Gasteiger partial charge is 0.406 e. The van der Waals surface area contributed by atoms with E-state index in [0.29, 0.717) is 5.69 Å². The highest BCUT2D eigenvalue weighted by atomic mass is 19.4. The van der Waals surface area contributed by atoms with Gasteiger partial charge >= 0.3 is 12.5 Å². The first-order valence-corrected chi connectivity index (χ1v) is 7.28. The van der Waals surface area contributed by atoms with Crippen LogP contribution in [-0.2, 0) is 0 Å². The zero-order valence-corrected chi connectivity index (χ0v) is 13.7.